The van der Waals surface area contributed by atoms with Gasteiger partial charge in [0.1, 0.15) is 17.8 Å². The molecule has 0 saturated carbocycles. The van der Waals surface area contributed by atoms with Crippen LogP contribution in [0.5, 0.6) is 0 Å². The van der Waals surface area contributed by atoms with Crippen LogP contribution in [0.25, 0.3) is 11.0 Å². The lowest BCUT2D eigenvalue weighted by Gasteiger charge is -2.10. The third kappa shape index (κ3) is 2.18. The maximum Gasteiger partial charge on any atom is 0.145 e. The summed E-state index contributed by atoms with van der Waals surface area (Å²) in [4.78, 5) is 9.93. The van der Waals surface area contributed by atoms with Gasteiger partial charge in [0.05, 0.1) is 26.0 Å². The molecule has 18 heavy (non-hydrogen) atoms. The lowest BCUT2D eigenvalue weighted by atomic mass is 10.2. The van der Waals surface area contributed by atoms with E-state index in [4.69, 9.17) is 5.73 Å². The smallest absolute Gasteiger partial charge is 0.145 e. The van der Waals surface area contributed by atoms with Crippen molar-refractivity contribution in [1.29, 1.82) is 0 Å². The zero-order valence-corrected chi connectivity index (χ0v) is 11.6. The highest BCUT2D eigenvalue weighted by Crippen LogP contribution is 2.26. The van der Waals surface area contributed by atoms with E-state index in [0.717, 1.165) is 30.5 Å². The fourth-order valence-electron chi connectivity index (χ4n) is 2.36. The number of rotatable bonds is 4. The van der Waals surface area contributed by atoms with Gasteiger partial charge in [0.25, 0.3) is 0 Å². The van der Waals surface area contributed by atoms with E-state index in [-0.39, 0.29) is 0 Å². The van der Waals surface area contributed by atoms with Gasteiger partial charge < -0.3 is 15.2 Å². The molecule has 0 bridgehead atoms. The molecule has 5 heteroatoms. The summed E-state index contributed by atoms with van der Waals surface area (Å²) in [5.74, 6) is 0.581. The molecule has 3 N–H and O–H groups in total. The first-order valence-electron chi connectivity index (χ1n) is 6.37. The van der Waals surface area contributed by atoms with Gasteiger partial charge in [-0.15, -0.1) is 0 Å². The SMILES string of the molecule is Cc1c(C)n(CCC[NH+](C)C)c2ncnc(N)c12. The summed E-state index contributed by atoms with van der Waals surface area (Å²) in [6.45, 7) is 6.35. The minimum Gasteiger partial charge on any atom is -0.383 e. The molecule has 0 saturated heterocycles. The zero-order chi connectivity index (χ0) is 13.3. The lowest BCUT2D eigenvalue weighted by molar-refractivity contribution is -0.858. The van der Waals surface area contributed by atoms with Crippen LogP contribution in [0.4, 0.5) is 5.82 Å². The number of fused-ring (bicyclic) bond motifs is 1. The third-order valence-electron chi connectivity index (χ3n) is 3.49. The lowest BCUT2D eigenvalue weighted by Crippen LogP contribution is -3.05. The summed E-state index contributed by atoms with van der Waals surface area (Å²) >= 11 is 0. The van der Waals surface area contributed by atoms with Crippen molar-refractivity contribution < 1.29 is 4.90 Å². The summed E-state index contributed by atoms with van der Waals surface area (Å²) in [6, 6.07) is 0. The standard InChI is InChI=1S/C13H21N5/c1-9-10(2)18(7-5-6-17(3)4)13-11(9)12(14)15-8-16-13/h8H,5-7H2,1-4H3,(H2,14,15,16)/p+1. The molecule has 0 aliphatic rings. The summed E-state index contributed by atoms with van der Waals surface area (Å²) in [7, 11) is 4.35. The van der Waals surface area contributed by atoms with E-state index in [9.17, 15) is 0 Å². The first-order chi connectivity index (χ1) is 8.52. The van der Waals surface area contributed by atoms with E-state index in [1.807, 2.05) is 0 Å². The van der Waals surface area contributed by atoms with Gasteiger partial charge in [-0.1, -0.05) is 0 Å². The van der Waals surface area contributed by atoms with Crippen molar-refractivity contribution in [3.63, 3.8) is 0 Å². The number of nitrogens with two attached hydrogens (primary N) is 1. The fourth-order valence-corrected chi connectivity index (χ4v) is 2.36. The number of aryl methyl sites for hydroxylation is 2. The highest BCUT2D eigenvalue weighted by atomic mass is 15.1. The van der Waals surface area contributed by atoms with Crippen LogP contribution in [0.3, 0.4) is 0 Å². The van der Waals surface area contributed by atoms with Gasteiger partial charge in [-0.3, -0.25) is 0 Å². The Labute approximate surface area is 108 Å². The Morgan fingerprint density at radius 2 is 2.00 bits per heavy atom. The molecule has 0 aliphatic heterocycles. The first kappa shape index (κ1) is 12.8. The molecule has 0 aliphatic carbocycles. The number of nitrogens with one attached hydrogen (secondary N) is 1. The number of hydrogen-bond donors (Lipinski definition) is 2. The van der Waals surface area contributed by atoms with Crippen molar-refractivity contribution >= 4 is 16.9 Å². The van der Waals surface area contributed by atoms with Crippen LogP contribution in [0, 0.1) is 13.8 Å². The monoisotopic (exact) mass is 248 g/mol. The fraction of sp³-hybridized carbons (Fsp3) is 0.538. The van der Waals surface area contributed by atoms with E-state index < -0.39 is 0 Å². The Kier molecular flexibility index (Phi) is 3.52. The molecule has 0 radical (unpaired) electrons. The van der Waals surface area contributed by atoms with Crippen LogP contribution in [-0.4, -0.2) is 35.2 Å². The Hall–Kier alpha value is -1.62. The Morgan fingerprint density at radius 3 is 2.67 bits per heavy atom. The number of nitrogens with zero attached hydrogens (tertiary/aromatic N) is 3. The first-order valence-corrected chi connectivity index (χ1v) is 6.37. The van der Waals surface area contributed by atoms with Crippen molar-refractivity contribution in [2.75, 3.05) is 26.4 Å². The number of nitrogen functional groups attached to an aromatic ring is 1. The summed E-state index contributed by atoms with van der Waals surface area (Å²) in [6.07, 6.45) is 2.68. The number of aromatic nitrogens is 3. The summed E-state index contributed by atoms with van der Waals surface area (Å²) in [5.41, 5.74) is 9.35. The minimum absolute atomic E-state index is 0.581. The predicted molar refractivity (Wildman–Crippen MR) is 73.7 cm³/mol. The van der Waals surface area contributed by atoms with Crippen LogP contribution in [-0.2, 0) is 6.54 Å². The molecule has 2 rings (SSSR count). The average Bonchev–Trinajstić information content (AvgIpc) is 2.55. The predicted octanol–water partition coefficient (Wildman–Crippen LogP) is 0.165. The van der Waals surface area contributed by atoms with Crippen LogP contribution < -0.4 is 10.6 Å². The van der Waals surface area contributed by atoms with Crippen molar-refractivity contribution in [1.82, 2.24) is 14.5 Å². The van der Waals surface area contributed by atoms with E-state index in [1.54, 1.807) is 6.33 Å². The summed E-state index contributed by atoms with van der Waals surface area (Å²) in [5, 5.41) is 1.01. The molecular formula is C13H22N5+. The van der Waals surface area contributed by atoms with E-state index in [2.05, 4.69) is 42.5 Å². The van der Waals surface area contributed by atoms with Crippen LogP contribution in [0.2, 0.25) is 0 Å². The molecule has 0 unspecified atom stereocenters. The van der Waals surface area contributed by atoms with Crippen LogP contribution in [0.15, 0.2) is 6.33 Å². The Morgan fingerprint density at radius 1 is 1.28 bits per heavy atom. The minimum atomic E-state index is 0.581. The maximum absolute atomic E-state index is 5.95. The van der Waals surface area contributed by atoms with E-state index in [1.165, 1.54) is 16.2 Å². The second kappa shape index (κ2) is 4.94. The second-order valence-electron chi connectivity index (χ2n) is 5.13. The summed E-state index contributed by atoms with van der Waals surface area (Å²) < 4.78 is 2.26. The van der Waals surface area contributed by atoms with Crippen molar-refractivity contribution in [3.05, 3.63) is 17.6 Å². The van der Waals surface area contributed by atoms with Crippen molar-refractivity contribution in [2.24, 2.45) is 0 Å². The van der Waals surface area contributed by atoms with Crippen LogP contribution >= 0.6 is 0 Å². The van der Waals surface area contributed by atoms with Crippen molar-refractivity contribution in [2.45, 2.75) is 26.8 Å². The van der Waals surface area contributed by atoms with Gasteiger partial charge in [-0.2, -0.15) is 0 Å². The molecule has 0 atom stereocenters. The zero-order valence-electron chi connectivity index (χ0n) is 11.6. The van der Waals surface area contributed by atoms with Gasteiger partial charge >= 0.3 is 0 Å². The number of anilines is 1. The molecule has 5 nitrogen and oxygen atoms in total. The van der Waals surface area contributed by atoms with E-state index in [0.29, 0.717) is 5.82 Å². The largest absolute Gasteiger partial charge is 0.383 e. The molecule has 98 valence electrons. The Bertz CT molecular complexity index is 556. The maximum atomic E-state index is 5.95. The third-order valence-corrected chi connectivity index (χ3v) is 3.49. The van der Waals surface area contributed by atoms with Gasteiger partial charge in [0.15, 0.2) is 0 Å². The van der Waals surface area contributed by atoms with Gasteiger partial charge in [0, 0.05) is 18.7 Å². The number of hydrogen-bond acceptors (Lipinski definition) is 3. The highest BCUT2D eigenvalue weighted by molar-refractivity contribution is 5.90. The molecular weight excluding hydrogens is 226 g/mol. The van der Waals surface area contributed by atoms with Gasteiger partial charge in [-0.05, 0) is 19.4 Å². The van der Waals surface area contributed by atoms with Gasteiger partial charge in [0.2, 0.25) is 0 Å². The van der Waals surface area contributed by atoms with Crippen molar-refractivity contribution in [3.8, 4) is 0 Å². The molecule has 2 aromatic heterocycles. The normalized spacial score (nSPS) is 11.6. The molecule has 2 heterocycles. The quantitative estimate of drug-likeness (QED) is 0.810. The van der Waals surface area contributed by atoms with E-state index >= 15 is 0 Å². The number of quaternary nitrogens is 1. The average molecular weight is 248 g/mol. The molecule has 0 spiro atoms. The second-order valence-corrected chi connectivity index (χ2v) is 5.13. The highest BCUT2D eigenvalue weighted by Gasteiger charge is 2.14. The molecule has 0 fully saturated rings. The topological polar surface area (TPSA) is 61.2 Å². The molecule has 2 aromatic rings. The van der Waals surface area contributed by atoms with Crippen LogP contribution in [0.1, 0.15) is 17.7 Å². The molecule has 0 aromatic carbocycles. The van der Waals surface area contributed by atoms with Gasteiger partial charge in [-0.25, -0.2) is 9.97 Å². The Balaban J connectivity index is 2.38. The molecule has 0 amide bonds.